The Labute approximate surface area is 161 Å². The van der Waals surface area contributed by atoms with Crippen molar-refractivity contribution in [3.8, 4) is 0 Å². The summed E-state index contributed by atoms with van der Waals surface area (Å²) in [6.07, 6.45) is 0.751. The molecule has 4 atom stereocenters. The zero-order valence-corrected chi connectivity index (χ0v) is 16.8. The Balaban J connectivity index is 1.43. The molecule has 27 heavy (non-hydrogen) atoms. The van der Waals surface area contributed by atoms with Gasteiger partial charge in [0.15, 0.2) is 0 Å². The average molecular weight is 380 g/mol. The smallest absolute Gasteiger partial charge is 0.236 e. The maximum absolute atomic E-state index is 12.6. The van der Waals surface area contributed by atoms with E-state index in [0.29, 0.717) is 38.1 Å². The summed E-state index contributed by atoms with van der Waals surface area (Å²) in [6, 6.07) is 0.0852. The summed E-state index contributed by atoms with van der Waals surface area (Å²) in [5, 5.41) is 5.99. The van der Waals surface area contributed by atoms with Crippen LogP contribution in [0.3, 0.4) is 0 Å². The quantitative estimate of drug-likeness (QED) is 0.618. The number of carbonyl (C=O) groups is 3. The minimum Gasteiger partial charge on any atom is -0.381 e. The van der Waals surface area contributed by atoms with Crippen LogP contribution in [0.2, 0.25) is 0 Å². The summed E-state index contributed by atoms with van der Waals surface area (Å²) >= 11 is 0. The number of carbonyl (C=O) groups excluding carboxylic acids is 3. The van der Waals surface area contributed by atoms with Crippen molar-refractivity contribution in [2.45, 2.75) is 38.8 Å². The van der Waals surface area contributed by atoms with E-state index in [1.807, 2.05) is 20.8 Å². The SMILES string of the molecule is CC(C)NC(=O)CN(C)CC(=O)N1CCC(C)(NC(=O)C2[C@H]3COC[C@@H]23)C1. The van der Waals surface area contributed by atoms with Gasteiger partial charge < -0.3 is 20.3 Å². The molecule has 2 aliphatic heterocycles. The molecule has 0 aromatic carbocycles. The van der Waals surface area contributed by atoms with Crippen molar-refractivity contribution in [3.63, 3.8) is 0 Å². The zero-order chi connectivity index (χ0) is 19.8. The summed E-state index contributed by atoms with van der Waals surface area (Å²) in [6.45, 7) is 8.74. The van der Waals surface area contributed by atoms with Crippen molar-refractivity contribution in [3.05, 3.63) is 0 Å². The molecule has 3 fully saturated rings. The second kappa shape index (κ2) is 7.75. The third-order valence-electron chi connectivity index (χ3n) is 5.77. The standard InChI is InChI=1S/C19H32N4O4/c1-12(2)20-15(24)7-22(4)8-16(25)23-6-5-19(3,11-23)21-18(26)17-13-9-27-10-14(13)17/h12-14,17H,5-11H2,1-4H3,(H,20,24)(H,21,26)/t13-,14+,17?,19?. The summed E-state index contributed by atoms with van der Waals surface area (Å²) < 4.78 is 5.35. The molecule has 1 saturated carbocycles. The van der Waals surface area contributed by atoms with Crippen molar-refractivity contribution in [1.82, 2.24) is 20.4 Å². The molecule has 0 aromatic heterocycles. The molecule has 3 amide bonds. The van der Waals surface area contributed by atoms with Gasteiger partial charge in [0.1, 0.15) is 0 Å². The van der Waals surface area contributed by atoms with Crippen LogP contribution < -0.4 is 10.6 Å². The van der Waals surface area contributed by atoms with Gasteiger partial charge in [-0.3, -0.25) is 19.3 Å². The van der Waals surface area contributed by atoms with Gasteiger partial charge in [0, 0.05) is 25.0 Å². The lowest BCUT2D eigenvalue weighted by molar-refractivity contribution is -0.132. The predicted octanol–water partition coefficient (Wildman–Crippen LogP) is -0.558. The highest BCUT2D eigenvalue weighted by Crippen LogP contribution is 2.51. The van der Waals surface area contributed by atoms with Gasteiger partial charge >= 0.3 is 0 Å². The van der Waals surface area contributed by atoms with Gasteiger partial charge in [-0.15, -0.1) is 0 Å². The van der Waals surface area contributed by atoms with Gasteiger partial charge in [-0.2, -0.15) is 0 Å². The van der Waals surface area contributed by atoms with Gasteiger partial charge in [0.25, 0.3) is 0 Å². The Bertz CT molecular complexity index is 601. The maximum atomic E-state index is 12.6. The number of ether oxygens (including phenoxy) is 1. The molecule has 3 rings (SSSR count). The van der Waals surface area contributed by atoms with E-state index in [1.54, 1.807) is 16.8 Å². The number of nitrogens with zero attached hydrogens (tertiary/aromatic N) is 2. The van der Waals surface area contributed by atoms with Crippen molar-refractivity contribution < 1.29 is 19.1 Å². The molecule has 0 aromatic rings. The topological polar surface area (TPSA) is 91.0 Å². The second-order valence-electron chi connectivity index (χ2n) is 8.90. The highest BCUT2D eigenvalue weighted by molar-refractivity contribution is 5.84. The highest BCUT2D eigenvalue weighted by atomic mass is 16.5. The Morgan fingerprint density at radius 1 is 1.22 bits per heavy atom. The first-order chi connectivity index (χ1) is 12.7. The Morgan fingerprint density at radius 2 is 1.89 bits per heavy atom. The van der Waals surface area contributed by atoms with E-state index in [4.69, 9.17) is 4.74 Å². The molecule has 8 heteroatoms. The fourth-order valence-electron chi connectivity index (χ4n) is 4.28. The van der Waals surface area contributed by atoms with Gasteiger partial charge in [0.05, 0.1) is 31.8 Å². The molecular formula is C19H32N4O4. The van der Waals surface area contributed by atoms with Crippen LogP contribution in [0.5, 0.6) is 0 Å². The maximum Gasteiger partial charge on any atom is 0.236 e. The highest BCUT2D eigenvalue weighted by Gasteiger charge is 2.58. The van der Waals surface area contributed by atoms with Crippen molar-refractivity contribution in [1.29, 1.82) is 0 Å². The number of likely N-dealkylation sites (N-methyl/N-ethyl adjacent to an activating group) is 1. The molecule has 2 unspecified atom stereocenters. The molecule has 3 aliphatic rings. The van der Waals surface area contributed by atoms with E-state index in [0.717, 1.165) is 6.42 Å². The molecule has 0 spiro atoms. The van der Waals surface area contributed by atoms with E-state index in [9.17, 15) is 14.4 Å². The monoisotopic (exact) mass is 380 g/mol. The van der Waals surface area contributed by atoms with Gasteiger partial charge in [-0.05, 0) is 46.1 Å². The number of fused-ring (bicyclic) bond motifs is 1. The Hall–Kier alpha value is -1.67. The number of likely N-dealkylation sites (tertiary alicyclic amines) is 1. The van der Waals surface area contributed by atoms with E-state index in [-0.39, 0.29) is 48.3 Å². The minimum atomic E-state index is -0.377. The lowest BCUT2D eigenvalue weighted by Gasteiger charge is -2.27. The van der Waals surface area contributed by atoms with Crippen LogP contribution in [0.15, 0.2) is 0 Å². The molecule has 152 valence electrons. The number of hydrogen-bond donors (Lipinski definition) is 2. The van der Waals surface area contributed by atoms with Crippen molar-refractivity contribution in [2.75, 3.05) is 46.4 Å². The lowest BCUT2D eigenvalue weighted by Crippen LogP contribution is -2.50. The van der Waals surface area contributed by atoms with E-state index in [2.05, 4.69) is 10.6 Å². The van der Waals surface area contributed by atoms with Gasteiger partial charge in [0.2, 0.25) is 17.7 Å². The van der Waals surface area contributed by atoms with Gasteiger partial charge in [-0.25, -0.2) is 0 Å². The van der Waals surface area contributed by atoms with Crippen LogP contribution in [0.4, 0.5) is 0 Å². The fraction of sp³-hybridized carbons (Fsp3) is 0.842. The largest absolute Gasteiger partial charge is 0.381 e. The number of rotatable bonds is 7. The van der Waals surface area contributed by atoms with E-state index in [1.165, 1.54) is 0 Å². The summed E-state index contributed by atoms with van der Waals surface area (Å²) in [4.78, 5) is 40.4. The predicted molar refractivity (Wildman–Crippen MR) is 99.8 cm³/mol. The molecule has 8 nitrogen and oxygen atoms in total. The van der Waals surface area contributed by atoms with Crippen molar-refractivity contribution >= 4 is 17.7 Å². The number of hydrogen-bond acceptors (Lipinski definition) is 5. The molecule has 1 aliphatic carbocycles. The van der Waals surface area contributed by atoms with Crippen LogP contribution in [0.25, 0.3) is 0 Å². The third kappa shape index (κ3) is 4.79. The molecule has 2 heterocycles. The first kappa shape index (κ1) is 20.1. The van der Waals surface area contributed by atoms with Crippen molar-refractivity contribution in [2.24, 2.45) is 17.8 Å². The molecule has 2 saturated heterocycles. The molecule has 0 bridgehead atoms. The number of amides is 3. The van der Waals surface area contributed by atoms with Crippen LogP contribution in [-0.2, 0) is 19.1 Å². The van der Waals surface area contributed by atoms with E-state index < -0.39 is 0 Å². The second-order valence-corrected chi connectivity index (χ2v) is 8.90. The molecular weight excluding hydrogens is 348 g/mol. The van der Waals surface area contributed by atoms with Crippen LogP contribution in [-0.4, -0.2) is 85.5 Å². The molecule has 2 N–H and O–H groups in total. The normalized spacial score (nSPS) is 31.9. The van der Waals surface area contributed by atoms with Gasteiger partial charge in [-0.1, -0.05) is 0 Å². The fourth-order valence-corrected chi connectivity index (χ4v) is 4.28. The Kier molecular flexibility index (Phi) is 5.76. The van der Waals surface area contributed by atoms with E-state index >= 15 is 0 Å². The van der Waals surface area contributed by atoms with Crippen LogP contribution in [0.1, 0.15) is 27.2 Å². The summed E-state index contributed by atoms with van der Waals surface area (Å²) in [5.41, 5.74) is -0.377. The average Bonchev–Trinajstić information content (AvgIpc) is 2.88. The lowest BCUT2D eigenvalue weighted by atomic mass is 10.0. The van der Waals surface area contributed by atoms with Crippen LogP contribution >= 0.6 is 0 Å². The zero-order valence-electron chi connectivity index (χ0n) is 16.8. The third-order valence-corrected chi connectivity index (χ3v) is 5.77. The molecule has 0 radical (unpaired) electrons. The van der Waals surface area contributed by atoms with Crippen LogP contribution in [0, 0.1) is 17.8 Å². The Morgan fingerprint density at radius 3 is 2.52 bits per heavy atom. The first-order valence-electron chi connectivity index (χ1n) is 9.84. The minimum absolute atomic E-state index is 0.00971. The summed E-state index contributed by atoms with van der Waals surface area (Å²) in [7, 11) is 1.77. The number of nitrogens with one attached hydrogen (secondary N) is 2. The first-order valence-corrected chi connectivity index (χ1v) is 9.84. The summed E-state index contributed by atoms with van der Waals surface area (Å²) in [5.74, 6) is 0.873.